The van der Waals surface area contributed by atoms with Gasteiger partial charge in [0, 0.05) is 16.6 Å². The SMILES string of the molecule is O=C(Nc1ccc(Cl)c(Cl)c1)c1cc(-c2ccc(-c3ccccc3)cc2)nc2ccccc12. The highest BCUT2D eigenvalue weighted by atomic mass is 35.5. The van der Waals surface area contributed by atoms with Gasteiger partial charge in [-0.3, -0.25) is 4.79 Å². The molecule has 1 N–H and O–H groups in total. The quantitative estimate of drug-likeness (QED) is 0.289. The van der Waals surface area contributed by atoms with Crippen LogP contribution >= 0.6 is 23.2 Å². The summed E-state index contributed by atoms with van der Waals surface area (Å²) in [5.41, 5.74) is 5.80. The number of hydrogen-bond acceptors (Lipinski definition) is 2. The van der Waals surface area contributed by atoms with Crippen LogP contribution in [0.2, 0.25) is 10.0 Å². The Morgan fingerprint density at radius 2 is 1.33 bits per heavy atom. The Labute approximate surface area is 201 Å². The Hall–Kier alpha value is -3.66. The number of amides is 1. The van der Waals surface area contributed by atoms with Gasteiger partial charge in [0.05, 0.1) is 26.8 Å². The first kappa shape index (κ1) is 21.2. The molecular formula is C28H18Cl2N2O. The second-order valence-corrected chi connectivity index (χ2v) is 8.41. The fraction of sp³-hybridized carbons (Fsp3) is 0. The van der Waals surface area contributed by atoms with Crippen molar-refractivity contribution < 1.29 is 4.79 Å². The van der Waals surface area contributed by atoms with Crippen LogP contribution in [-0.4, -0.2) is 10.9 Å². The van der Waals surface area contributed by atoms with Crippen molar-refractivity contribution in [2.75, 3.05) is 5.32 Å². The van der Waals surface area contributed by atoms with Gasteiger partial charge in [0.1, 0.15) is 0 Å². The fourth-order valence-electron chi connectivity index (χ4n) is 3.75. The maximum atomic E-state index is 13.2. The molecule has 0 unspecified atom stereocenters. The van der Waals surface area contributed by atoms with E-state index in [9.17, 15) is 4.79 Å². The number of hydrogen-bond donors (Lipinski definition) is 1. The number of nitrogens with zero attached hydrogens (tertiary/aromatic N) is 1. The lowest BCUT2D eigenvalue weighted by Gasteiger charge is -2.12. The summed E-state index contributed by atoms with van der Waals surface area (Å²) in [4.78, 5) is 18.0. The minimum atomic E-state index is -0.242. The molecule has 5 rings (SSSR count). The molecule has 33 heavy (non-hydrogen) atoms. The van der Waals surface area contributed by atoms with Crippen LogP contribution in [0.25, 0.3) is 33.3 Å². The van der Waals surface area contributed by atoms with Gasteiger partial charge in [-0.2, -0.15) is 0 Å². The van der Waals surface area contributed by atoms with E-state index in [0.717, 1.165) is 33.3 Å². The molecule has 160 valence electrons. The van der Waals surface area contributed by atoms with E-state index in [1.54, 1.807) is 18.2 Å². The van der Waals surface area contributed by atoms with Crippen LogP contribution in [0, 0.1) is 0 Å². The molecule has 0 aliphatic carbocycles. The van der Waals surface area contributed by atoms with Crippen molar-refractivity contribution in [3.8, 4) is 22.4 Å². The van der Waals surface area contributed by atoms with Gasteiger partial charge < -0.3 is 5.32 Å². The second kappa shape index (κ2) is 9.07. The Balaban J connectivity index is 1.53. The molecule has 4 aromatic carbocycles. The van der Waals surface area contributed by atoms with Gasteiger partial charge in [-0.1, -0.05) is 96.0 Å². The molecule has 5 aromatic rings. The van der Waals surface area contributed by atoms with E-state index in [4.69, 9.17) is 28.2 Å². The summed E-state index contributed by atoms with van der Waals surface area (Å²) in [5.74, 6) is -0.242. The molecule has 0 aliphatic heterocycles. The van der Waals surface area contributed by atoms with E-state index < -0.39 is 0 Å². The van der Waals surface area contributed by atoms with Gasteiger partial charge in [-0.05, 0) is 41.5 Å². The predicted octanol–water partition coefficient (Wildman–Crippen LogP) is 8.13. The molecule has 0 atom stereocenters. The Morgan fingerprint density at radius 1 is 0.667 bits per heavy atom. The smallest absolute Gasteiger partial charge is 0.256 e. The van der Waals surface area contributed by atoms with Crippen LogP contribution in [0.4, 0.5) is 5.69 Å². The summed E-state index contributed by atoms with van der Waals surface area (Å²) in [6, 6.07) is 32.8. The van der Waals surface area contributed by atoms with Crippen molar-refractivity contribution >= 4 is 45.7 Å². The monoisotopic (exact) mass is 468 g/mol. The summed E-state index contributed by atoms with van der Waals surface area (Å²) in [6.07, 6.45) is 0. The molecule has 0 fully saturated rings. The number of aromatic nitrogens is 1. The van der Waals surface area contributed by atoms with Gasteiger partial charge in [0.2, 0.25) is 0 Å². The zero-order chi connectivity index (χ0) is 22.8. The third kappa shape index (κ3) is 4.47. The molecule has 0 radical (unpaired) electrons. The number of carbonyl (C=O) groups excluding carboxylic acids is 1. The molecule has 0 bridgehead atoms. The number of benzene rings is 4. The fourth-order valence-corrected chi connectivity index (χ4v) is 4.05. The topological polar surface area (TPSA) is 42.0 Å². The number of halogens is 2. The molecule has 3 nitrogen and oxygen atoms in total. The molecule has 1 heterocycles. The predicted molar refractivity (Wildman–Crippen MR) is 137 cm³/mol. The highest BCUT2D eigenvalue weighted by molar-refractivity contribution is 6.42. The maximum absolute atomic E-state index is 13.2. The standard InChI is InChI=1S/C28H18Cl2N2O/c29-24-15-14-21(16-25(24)30)31-28(33)23-17-27(32-26-9-5-4-8-22(23)26)20-12-10-19(11-13-20)18-6-2-1-3-7-18/h1-17H,(H,31,33). The van der Waals surface area contributed by atoms with Crippen molar-refractivity contribution in [3.63, 3.8) is 0 Å². The summed E-state index contributed by atoms with van der Waals surface area (Å²) < 4.78 is 0. The lowest BCUT2D eigenvalue weighted by Crippen LogP contribution is -2.13. The highest BCUT2D eigenvalue weighted by Gasteiger charge is 2.15. The van der Waals surface area contributed by atoms with Gasteiger partial charge in [-0.25, -0.2) is 4.98 Å². The third-order valence-corrected chi connectivity index (χ3v) is 6.17. The minimum absolute atomic E-state index is 0.242. The molecule has 1 amide bonds. The van der Waals surface area contributed by atoms with Gasteiger partial charge in [0.15, 0.2) is 0 Å². The van der Waals surface area contributed by atoms with Crippen LogP contribution in [0.3, 0.4) is 0 Å². The van der Waals surface area contributed by atoms with Gasteiger partial charge >= 0.3 is 0 Å². The number of pyridine rings is 1. The summed E-state index contributed by atoms with van der Waals surface area (Å²) >= 11 is 12.1. The first-order chi connectivity index (χ1) is 16.1. The largest absolute Gasteiger partial charge is 0.322 e. The number of para-hydroxylation sites is 1. The van der Waals surface area contributed by atoms with E-state index in [0.29, 0.717) is 21.3 Å². The van der Waals surface area contributed by atoms with Gasteiger partial charge in [0.25, 0.3) is 5.91 Å². The zero-order valence-electron chi connectivity index (χ0n) is 17.4. The Morgan fingerprint density at radius 3 is 2.09 bits per heavy atom. The highest BCUT2D eigenvalue weighted by Crippen LogP contribution is 2.29. The van der Waals surface area contributed by atoms with Crippen molar-refractivity contribution in [3.05, 3.63) is 119 Å². The van der Waals surface area contributed by atoms with Gasteiger partial charge in [-0.15, -0.1) is 0 Å². The number of anilines is 1. The van der Waals surface area contributed by atoms with E-state index in [2.05, 4.69) is 29.6 Å². The van der Waals surface area contributed by atoms with Crippen molar-refractivity contribution in [1.29, 1.82) is 0 Å². The van der Waals surface area contributed by atoms with Crippen LogP contribution in [-0.2, 0) is 0 Å². The molecule has 1 aromatic heterocycles. The molecule has 0 aliphatic rings. The van der Waals surface area contributed by atoms with Crippen molar-refractivity contribution in [2.24, 2.45) is 0 Å². The van der Waals surface area contributed by atoms with E-state index >= 15 is 0 Å². The van der Waals surface area contributed by atoms with E-state index in [1.807, 2.05) is 60.7 Å². The first-order valence-electron chi connectivity index (χ1n) is 10.4. The Bertz CT molecular complexity index is 1470. The van der Waals surface area contributed by atoms with E-state index in [-0.39, 0.29) is 5.91 Å². The van der Waals surface area contributed by atoms with E-state index in [1.165, 1.54) is 0 Å². The number of carbonyl (C=O) groups is 1. The summed E-state index contributed by atoms with van der Waals surface area (Å²) in [6.45, 7) is 0. The lowest BCUT2D eigenvalue weighted by molar-refractivity contribution is 0.102. The number of nitrogens with one attached hydrogen (secondary N) is 1. The lowest BCUT2D eigenvalue weighted by atomic mass is 10.0. The molecular weight excluding hydrogens is 451 g/mol. The molecule has 0 spiro atoms. The molecule has 0 saturated carbocycles. The van der Waals surface area contributed by atoms with Crippen molar-refractivity contribution in [2.45, 2.75) is 0 Å². The van der Waals surface area contributed by atoms with Crippen LogP contribution in [0.5, 0.6) is 0 Å². The zero-order valence-corrected chi connectivity index (χ0v) is 18.9. The minimum Gasteiger partial charge on any atom is -0.322 e. The summed E-state index contributed by atoms with van der Waals surface area (Å²) in [7, 11) is 0. The average molecular weight is 469 g/mol. The van der Waals surface area contributed by atoms with Crippen LogP contribution in [0.1, 0.15) is 10.4 Å². The molecule has 5 heteroatoms. The Kier molecular flexibility index (Phi) is 5.82. The van der Waals surface area contributed by atoms with Crippen LogP contribution < -0.4 is 5.32 Å². The van der Waals surface area contributed by atoms with Crippen molar-refractivity contribution in [1.82, 2.24) is 4.98 Å². The number of rotatable bonds is 4. The normalized spacial score (nSPS) is 10.8. The number of fused-ring (bicyclic) bond motifs is 1. The summed E-state index contributed by atoms with van der Waals surface area (Å²) in [5, 5.41) is 4.51. The average Bonchev–Trinajstić information content (AvgIpc) is 2.86. The maximum Gasteiger partial charge on any atom is 0.256 e. The van der Waals surface area contributed by atoms with Crippen LogP contribution in [0.15, 0.2) is 103 Å². The molecule has 0 saturated heterocycles. The first-order valence-corrected chi connectivity index (χ1v) is 11.2. The second-order valence-electron chi connectivity index (χ2n) is 7.60. The third-order valence-electron chi connectivity index (χ3n) is 5.43.